The summed E-state index contributed by atoms with van der Waals surface area (Å²) >= 11 is 0. The highest BCUT2D eigenvalue weighted by molar-refractivity contribution is 5.58. The summed E-state index contributed by atoms with van der Waals surface area (Å²) in [4.78, 5) is 11.2. The molecule has 0 saturated heterocycles. The molecule has 5 nitrogen and oxygen atoms in total. The molecule has 1 aromatic heterocycles. The highest BCUT2D eigenvalue weighted by Gasteiger charge is 2.14. The van der Waals surface area contributed by atoms with Gasteiger partial charge in [-0.2, -0.15) is 0 Å². The molecule has 5 heteroatoms. The Balaban J connectivity index is 2.63. The molecule has 21 heavy (non-hydrogen) atoms. The lowest BCUT2D eigenvalue weighted by atomic mass is 10.0. The predicted molar refractivity (Wildman–Crippen MR) is 91.2 cm³/mol. The van der Waals surface area contributed by atoms with Crippen LogP contribution >= 0.6 is 0 Å². The minimum Gasteiger partial charge on any atom is -0.370 e. The minimum atomic E-state index is 0.394. The summed E-state index contributed by atoms with van der Waals surface area (Å²) in [6.45, 7) is 16.0. The van der Waals surface area contributed by atoms with Crippen LogP contribution in [0.1, 0.15) is 52.5 Å². The summed E-state index contributed by atoms with van der Waals surface area (Å²) in [7, 11) is 0. The Kier molecular flexibility index (Phi) is 8.05. The van der Waals surface area contributed by atoms with Gasteiger partial charge in [-0.25, -0.2) is 9.97 Å². The lowest BCUT2D eigenvalue weighted by Crippen LogP contribution is -2.25. The Labute approximate surface area is 129 Å². The zero-order chi connectivity index (χ0) is 15.7. The van der Waals surface area contributed by atoms with E-state index in [-0.39, 0.29) is 0 Å². The van der Waals surface area contributed by atoms with Crippen LogP contribution in [-0.2, 0) is 0 Å². The van der Waals surface area contributed by atoms with Gasteiger partial charge in [0.2, 0.25) is 0 Å². The number of hydrogen-bond acceptors (Lipinski definition) is 5. The van der Waals surface area contributed by atoms with Gasteiger partial charge in [0.25, 0.3) is 0 Å². The van der Waals surface area contributed by atoms with Crippen LogP contribution in [0.15, 0.2) is 6.33 Å². The molecule has 1 heterocycles. The van der Waals surface area contributed by atoms with Crippen molar-refractivity contribution in [3.05, 3.63) is 11.9 Å². The van der Waals surface area contributed by atoms with Gasteiger partial charge in [-0.05, 0) is 38.9 Å². The Morgan fingerprint density at radius 1 is 1.05 bits per heavy atom. The maximum atomic E-state index is 4.42. The topological polar surface area (TPSA) is 53.1 Å². The van der Waals surface area contributed by atoms with E-state index in [9.17, 15) is 0 Å². The van der Waals surface area contributed by atoms with Crippen LogP contribution in [-0.4, -0.2) is 47.6 Å². The first-order chi connectivity index (χ1) is 10.1. The first-order valence-electron chi connectivity index (χ1n) is 8.18. The van der Waals surface area contributed by atoms with E-state index < -0.39 is 0 Å². The molecule has 1 aromatic rings. The monoisotopic (exact) mass is 293 g/mol. The van der Waals surface area contributed by atoms with Crippen LogP contribution in [0.25, 0.3) is 0 Å². The number of anilines is 2. The van der Waals surface area contributed by atoms with Crippen molar-refractivity contribution < 1.29 is 0 Å². The van der Waals surface area contributed by atoms with Crippen LogP contribution in [0.5, 0.6) is 0 Å². The van der Waals surface area contributed by atoms with Crippen LogP contribution in [0.4, 0.5) is 11.6 Å². The third-order valence-electron chi connectivity index (χ3n) is 3.64. The van der Waals surface area contributed by atoms with Crippen molar-refractivity contribution in [2.24, 2.45) is 0 Å². The largest absolute Gasteiger partial charge is 0.370 e. The quantitative estimate of drug-likeness (QED) is 0.649. The normalized spacial score (nSPS) is 11.2. The van der Waals surface area contributed by atoms with Crippen molar-refractivity contribution in [3.63, 3.8) is 0 Å². The van der Waals surface area contributed by atoms with Crippen molar-refractivity contribution in [3.8, 4) is 0 Å². The second-order valence-electron chi connectivity index (χ2n) is 5.48. The van der Waals surface area contributed by atoms with E-state index in [4.69, 9.17) is 0 Å². The summed E-state index contributed by atoms with van der Waals surface area (Å²) in [5.41, 5.74) is 1.18. The Hall–Kier alpha value is -1.36. The third kappa shape index (κ3) is 5.50. The second-order valence-corrected chi connectivity index (χ2v) is 5.48. The van der Waals surface area contributed by atoms with Crippen molar-refractivity contribution in [2.75, 3.05) is 43.4 Å². The number of rotatable bonds is 10. The molecular formula is C16H31N5. The zero-order valence-corrected chi connectivity index (χ0v) is 14.2. The molecule has 0 spiro atoms. The lowest BCUT2D eigenvalue weighted by molar-refractivity contribution is 0.303. The fourth-order valence-corrected chi connectivity index (χ4v) is 2.44. The van der Waals surface area contributed by atoms with Crippen LogP contribution in [0.2, 0.25) is 0 Å². The number of aromatic nitrogens is 2. The maximum Gasteiger partial charge on any atom is 0.134 e. The first kappa shape index (κ1) is 17.7. The predicted octanol–water partition coefficient (Wildman–Crippen LogP) is 3.18. The van der Waals surface area contributed by atoms with Crippen molar-refractivity contribution in [1.29, 1.82) is 0 Å². The summed E-state index contributed by atoms with van der Waals surface area (Å²) in [5, 5.41) is 6.80. The number of nitrogens with zero attached hydrogens (tertiary/aromatic N) is 3. The molecule has 0 aliphatic carbocycles. The summed E-state index contributed by atoms with van der Waals surface area (Å²) in [6.07, 6.45) is 2.76. The van der Waals surface area contributed by atoms with Gasteiger partial charge in [-0.1, -0.05) is 27.7 Å². The van der Waals surface area contributed by atoms with Gasteiger partial charge in [0.1, 0.15) is 18.0 Å². The van der Waals surface area contributed by atoms with Crippen LogP contribution in [0, 0.1) is 0 Å². The summed E-state index contributed by atoms with van der Waals surface area (Å²) < 4.78 is 0. The van der Waals surface area contributed by atoms with E-state index in [1.807, 2.05) is 0 Å². The third-order valence-corrected chi connectivity index (χ3v) is 3.64. The fraction of sp³-hybridized carbons (Fsp3) is 0.750. The smallest absolute Gasteiger partial charge is 0.134 e. The highest BCUT2D eigenvalue weighted by atomic mass is 15.1. The second kappa shape index (κ2) is 9.55. The lowest BCUT2D eigenvalue weighted by Gasteiger charge is -2.19. The molecule has 0 radical (unpaired) electrons. The average molecular weight is 293 g/mol. The van der Waals surface area contributed by atoms with Crippen molar-refractivity contribution in [2.45, 2.75) is 47.0 Å². The van der Waals surface area contributed by atoms with E-state index in [0.717, 1.165) is 50.8 Å². The van der Waals surface area contributed by atoms with Gasteiger partial charge < -0.3 is 15.5 Å². The van der Waals surface area contributed by atoms with Crippen LogP contribution in [0.3, 0.4) is 0 Å². The molecule has 1 rings (SSSR count). The Morgan fingerprint density at radius 2 is 1.67 bits per heavy atom. The average Bonchev–Trinajstić information content (AvgIpc) is 2.47. The first-order valence-corrected chi connectivity index (χ1v) is 8.18. The van der Waals surface area contributed by atoms with E-state index >= 15 is 0 Å². The molecule has 0 aromatic carbocycles. The van der Waals surface area contributed by atoms with Gasteiger partial charge in [0.05, 0.1) is 0 Å². The van der Waals surface area contributed by atoms with E-state index in [0.29, 0.717) is 5.92 Å². The van der Waals surface area contributed by atoms with Crippen LogP contribution < -0.4 is 10.6 Å². The molecule has 0 atom stereocenters. The van der Waals surface area contributed by atoms with Crippen molar-refractivity contribution in [1.82, 2.24) is 14.9 Å². The molecule has 120 valence electrons. The molecule has 0 fully saturated rings. The molecular weight excluding hydrogens is 262 g/mol. The van der Waals surface area contributed by atoms with Gasteiger partial charge >= 0.3 is 0 Å². The molecule has 0 saturated carbocycles. The zero-order valence-electron chi connectivity index (χ0n) is 14.2. The van der Waals surface area contributed by atoms with E-state index in [1.54, 1.807) is 6.33 Å². The minimum absolute atomic E-state index is 0.394. The SMILES string of the molecule is CCNc1ncnc(NCCCN(CC)CC)c1C(C)C. The molecule has 0 aliphatic rings. The fourth-order valence-electron chi connectivity index (χ4n) is 2.44. The van der Waals surface area contributed by atoms with Gasteiger partial charge in [0, 0.05) is 18.7 Å². The number of hydrogen-bond donors (Lipinski definition) is 2. The Bertz CT molecular complexity index is 402. The molecule has 0 bridgehead atoms. The molecule has 0 aliphatic heterocycles. The highest BCUT2D eigenvalue weighted by Crippen LogP contribution is 2.28. The standard InChI is InChI=1S/C16H31N5/c1-6-17-15-14(13(4)5)16(20-12-19-15)18-10-9-11-21(7-2)8-3/h12-13H,6-11H2,1-5H3,(H2,17,18,19,20). The Morgan fingerprint density at radius 3 is 2.19 bits per heavy atom. The van der Waals surface area contributed by atoms with Gasteiger partial charge in [-0.15, -0.1) is 0 Å². The summed E-state index contributed by atoms with van der Waals surface area (Å²) in [6, 6.07) is 0. The van der Waals surface area contributed by atoms with E-state index in [1.165, 1.54) is 5.56 Å². The summed E-state index contributed by atoms with van der Waals surface area (Å²) in [5.74, 6) is 2.31. The van der Waals surface area contributed by atoms with Gasteiger partial charge in [0.15, 0.2) is 0 Å². The van der Waals surface area contributed by atoms with Gasteiger partial charge in [-0.3, -0.25) is 0 Å². The molecule has 0 amide bonds. The molecule has 0 unspecified atom stereocenters. The molecule has 2 N–H and O–H groups in total. The maximum absolute atomic E-state index is 4.42. The van der Waals surface area contributed by atoms with Crippen molar-refractivity contribution >= 4 is 11.6 Å². The number of nitrogens with one attached hydrogen (secondary N) is 2. The van der Waals surface area contributed by atoms with E-state index in [2.05, 4.69) is 60.1 Å².